The van der Waals surface area contributed by atoms with E-state index < -0.39 is 0 Å². The summed E-state index contributed by atoms with van der Waals surface area (Å²) in [6.07, 6.45) is 1.83. The average molecular weight is 258 g/mol. The molecule has 2 rings (SSSR count). The molecule has 0 radical (unpaired) electrons. The third kappa shape index (κ3) is 3.77. The van der Waals surface area contributed by atoms with Crippen molar-refractivity contribution in [3.05, 3.63) is 54.2 Å². The number of benzene rings is 1. The van der Waals surface area contributed by atoms with Gasteiger partial charge in [0.1, 0.15) is 5.82 Å². The molecule has 0 saturated heterocycles. The van der Waals surface area contributed by atoms with Crippen LogP contribution in [0.4, 0.5) is 5.82 Å². The van der Waals surface area contributed by atoms with Crippen LogP contribution in [0.25, 0.3) is 0 Å². The standard InChI is InChI=1S/C15H18N2S/c1-12(2)17-15-13(7-6-10-16-15)11-18-14-8-4-3-5-9-14/h3-10,12H,11H2,1-2H3,(H,16,17). The number of nitrogens with one attached hydrogen (secondary N) is 1. The van der Waals surface area contributed by atoms with E-state index in [9.17, 15) is 0 Å². The summed E-state index contributed by atoms with van der Waals surface area (Å²) in [5, 5.41) is 3.39. The lowest BCUT2D eigenvalue weighted by molar-refractivity contribution is 0.885. The number of thioether (sulfide) groups is 1. The number of anilines is 1. The van der Waals surface area contributed by atoms with Gasteiger partial charge in [0.15, 0.2) is 0 Å². The topological polar surface area (TPSA) is 24.9 Å². The molecule has 0 unspecified atom stereocenters. The Labute approximate surface area is 113 Å². The van der Waals surface area contributed by atoms with Crippen LogP contribution in [0.5, 0.6) is 0 Å². The first-order valence-electron chi connectivity index (χ1n) is 6.14. The Hall–Kier alpha value is -1.48. The molecular weight excluding hydrogens is 240 g/mol. The highest BCUT2D eigenvalue weighted by Gasteiger charge is 2.05. The van der Waals surface area contributed by atoms with E-state index in [0.717, 1.165) is 11.6 Å². The molecule has 1 heterocycles. The van der Waals surface area contributed by atoms with Crippen LogP contribution in [-0.4, -0.2) is 11.0 Å². The van der Waals surface area contributed by atoms with Crippen molar-refractivity contribution in [2.45, 2.75) is 30.5 Å². The molecule has 0 spiro atoms. The summed E-state index contributed by atoms with van der Waals surface area (Å²) in [7, 11) is 0. The van der Waals surface area contributed by atoms with Crippen molar-refractivity contribution in [1.82, 2.24) is 4.98 Å². The largest absolute Gasteiger partial charge is 0.368 e. The zero-order valence-electron chi connectivity index (χ0n) is 10.8. The first-order valence-corrected chi connectivity index (χ1v) is 7.12. The van der Waals surface area contributed by atoms with Gasteiger partial charge < -0.3 is 5.32 Å². The maximum Gasteiger partial charge on any atom is 0.130 e. The molecule has 0 aliphatic heterocycles. The Balaban J connectivity index is 2.05. The molecule has 0 amide bonds. The van der Waals surface area contributed by atoms with Crippen molar-refractivity contribution in [2.75, 3.05) is 5.32 Å². The predicted molar refractivity (Wildman–Crippen MR) is 79.0 cm³/mol. The van der Waals surface area contributed by atoms with E-state index >= 15 is 0 Å². The second-order valence-electron chi connectivity index (χ2n) is 4.41. The SMILES string of the molecule is CC(C)Nc1ncccc1CSc1ccccc1. The van der Waals surface area contributed by atoms with Gasteiger partial charge in [0.2, 0.25) is 0 Å². The highest BCUT2D eigenvalue weighted by molar-refractivity contribution is 7.98. The summed E-state index contributed by atoms with van der Waals surface area (Å²) in [5.41, 5.74) is 1.25. The summed E-state index contributed by atoms with van der Waals surface area (Å²) < 4.78 is 0. The zero-order chi connectivity index (χ0) is 12.8. The minimum Gasteiger partial charge on any atom is -0.368 e. The molecule has 0 fully saturated rings. The second kappa shape index (κ2) is 6.45. The fraction of sp³-hybridized carbons (Fsp3) is 0.267. The van der Waals surface area contributed by atoms with Crippen LogP contribution in [0.15, 0.2) is 53.6 Å². The van der Waals surface area contributed by atoms with Gasteiger partial charge in [-0.3, -0.25) is 0 Å². The highest BCUT2D eigenvalue weighted by Crippen LogP contribution is 2.25. The maximum atomic E-state index is 4.41. The number of hydrogen-bond acceptors (Lipinski definition) is 3. The van der Waals surface area contributed by atoms with Crippen molar-refractivity contribution in [3.63, 3.8) is 0 Å². The first kappa shape index (κ1) is 13.0. The average Bonchev–Trinajstić information content (AvgIpc) is 2.38. The molecule has 18 heavy (non-hydrogen) atoms. The number of nitrogens with zero attached hydrogens (tertiary/aromatic N) is 1. The van der Waals surface area contributed by atoms with Crippen LogP contribution in [0.1, 0.15) is 19.4 Å². The Morgan fingerprint density at radius 3 is 2.61 bits per heavy atom. The van der Waals surface area contributed by atoms with Crippen LogP contribution in [-0.2, 0) is 5.75 Å². The third-order valence-electron chi connectivity index (χ3n) is 2.45. The van der Waals surface area contributed by atoms with E-state index in [0.29, 0.717) is 6.04 Å². The van der Waals surface area contributed by atoms with Gasteiger partial charge in [0, 0.05) is 28.5 Å². The molecule has 0 bridgehead atoms. The number of pyridine rings is 1. The van der Waals surface area contributed by atoms with Crippen molar-refractivity contribution in [2.24, 2.45) is 0 Å². The lowest BCUT2D eigenvalue weighted by Gasteiger charge is -2.13. The molecular formula is C15H18N2S. The number of rotatable bonds is 5. The Morgan fingerprint density at radius 2 is 1.89 bits per heavy atom. The van der Waals surface area contributed by atoms with Crippen LogP contribution >= 0.6 is 11.8 Å². The van der Waals surface area contributed by atoms with Gasteiger partial charge in [0.25, 0.3) is 0 Å². The van der Waals surface area contributed by atoms with Crippen LogP contribution in [0.3, 0.4) is 0 Å². The summed E-state index contributed by atoms with van der Waals surface area (Å²) in [4.78, 5) is 5.70. The fourth-order valence-corrected chi connectivity index (χ4v) is 2.54. The van der Waals surface area contributed by atoms with E-state index in [4.69, 9.17) is 0 Å². The molecule has 0 atom stereocenters. The van der Waals surface area contributed by atoms with Crippen molar-refractivity contribution >= 4 is 17.6 Å². The summed E-state index contributed by atoms with van der Waals surface area (Å²) in [6.45, 7) is 4.26. The van der Waals surface area contributed by atoms with Gasteiger partial charge in [-0.05, 0) is 32.0 Å². The van der Waals surface area contributed by atoms with E-state index in [-0.39, 0.29) is 0 Å². The zero-order valence-corrected chi connectivity index (χ0v) is 11.6. The van der Waals surface area contributed by atoms with Gasteiger partial charge >= 0.3 is 0 Å². The molecule has 0 saturated carbocycles. The quantitative estimate of drug-likeness (QED) is 0.814. The minimum absolute atomic E-state index is 0.403. The van der Waals surface area contributed by atoms with E-state index in [1.165, 1.54) is 10.5 Å². The molecule has 1 aromatic carbocycles. The molecule has 0 aliphatic carbocycles. The van der Waals surface area contributed by atoms with Crippen LogP contribution < -0.4 is 5.32 Å². The summed E-state index contributed by atoms with van der Waals surface area (Å²) in [6, 6.07) is 15.0. The van der Waals surface area contributed by atoms with E-state index in [1.54, 1.807) is 0 Å². The molecule has 2 aromatic rings. The molecule has 0 aliphatic rings. The molecule has 3 heteroatoms. The molecule has 94 valence electrons. The van der Waals surface area contributed by atoms with Crippen LogP contribution in [0.2, 0.25) is 0 Å². The Bertz CT molecular complexity index is 483. The molecule has 1 aromatic heterocycles. The monoisotopic (exact) mass is 258 g/mol. The van der Waals surface area contributed by atoms with Gasteiger partial charge in [-0.15, -0.1) is 11.8 Å². The predicted octanol–water partition coefficient (Wildman–Crippen LogP) is 4.19. The lowest BCUT2D eigenvalue weighted by Crippen LogP contribution is -2.12. The minimum atomic E-state index is 0.403. The van der Waals surface area contributed by atoms with Crippen molar-refractivity contribution < 1.29 is 0 Å². The number of hydrogen-bond donors (Lipinski definition) is 1. The molecule has 2 nitrogen and oxygen atoms in total. The van der Waals surface area contributed by atoms with E-state index in [1.807, 2.05) is 30.1 Å². The Morgan fingerprint density at radius 1 is 1.11 bits per heavy atom. The van der Waals surface area contributed by atoms with Gasteiger partial charge in [-0.2, -0.15) is 0 Å². The normalized spacial score (nSPS) is 10.6. The smallest absolute Gasteiger partial charge is 0.130 e. The third-order valence-corrected chi connectivity index (χ3v) is 3.52. The Kier molecular flexibility index (Phi) is 4.65. The van der Waals surface area contributed by atoms with E-state index in [2.05, 4.69) is 54.5 Å². The summed E-state index contributed by atoms with van der Waals surface area (Å²) in [5.74, 6) is 1.93. The lowest BCUT2D eigenvalue weighted by atomic mass is 10.2. The second-order valence-corrected chi connectivity index (χ2v) is 5.46. The number of aromatic nitrogens is 1. The first-order chi connectivity index (χ1) is 8.75. The van der Waals surface area contributed by atoms with Gasteiger partial charge in [-0.25, -0.2) is 4.98 Å². The fourth-order valence-electron chi connectivity index (χ4n) is 1.64. The van der Waals surface area contributed by atoms with Crippen molar-refractivity contribution in [3.8, 4) is 0 Å². The van der Waals surface area contributed by atoms with Crippen molar-refractivity contribution in [1.29, 1.82) is 0 Å². The summed E-state index contributed by atoms with van der Waals surface area (Å²) >= 11 is 1.83. The molecule has 1 N–H and O–H groups in total. The van der Waals surface area contributed by atoms with Crippen LogP contribution in [0, 0.1) is 0 Å². The highest BCUT2D eigenvalue weighted by atomic mass is 32.2. The van der Waals surface area contributed by atoms with Gasteiger partial charge in [0.05, 0.1) is 0 Å². The van der Waals surface area contributed by atoms with Gasteiger partial charge in [-0.1, -0.05) is 24.3 Å². The maximum absolute atomic E-state index is 4.41.